The molecule has 8 heteroatoms. The number of nitrogens with one attached hydrogen (secondary N) is 2. The summed E-state index contributed by atoms with van der Waals surface area (Å²) in [5, 5.41) is 5.55. The van der Waals surface area contributed by atoms with Crippen LogP contribution in [0.5, 0.6) is 0 Å². The zero-order valence-electron chi connectivity index (χ0n) is 13.2. The summed E-state index contributed by atoms with van der Waals surface area (Å²) in [4.78, 5) is 26.7. The third-order valence-corrected chi connectivity index (χ3v) is 3.20. The minimum absolute atomic E-state index is 0.155. The maximum absolute atomic E-state index is 13.2. The zero-order valence-corrected chi connectivity index (χ0v) is 13.2. The summed E-state index contributed by atoms with van der Waals surface area (Å²) in [5.41, 5.74) is 1.78. The lowest BCUT2D eigenvalue weighted by atomic mass is 10.2. The molecule has 1 heterocycles. The molecule has 1 aromatic heterocycles. The molecule has 2 aromatic carbocycles. The van der Waals surface area contributed by atoms with E-state index in [1.807, 2.05) is 0 Å². The fourth-order valence-electron chi connectivity index (χ4n) is 2.12. The highest BCUT2D eigenvalue weighted by molar-refractivity contribution is 5.96. The normalized spacial score (nSPS) is 10.5. The molecule has 0 radical (unpaired) electrons. The molecule has 128 valence electrons. The summed E-state index contributed by atoms with van der Waals surface area (Å²) in [6.45, 7) is 0.838. The molecule has 3 aromatic rings. The van der Waals surface area contributed by atoms with Gasteiger partial charge in [0.1, 0.15) is 11.3 Å². The van der Waals surface area contributed by atoms with Gasteiger partial charge in [0.2, 0.25) is 0 Å². The molecule has 0 aliphatic rings. The maximum atomic E-state index is 13.2. The van der Waals surface area contributed by atoms with Gasteiger partial charge in [0.25, 0.3) is 11.9 Å². The number of carbonyl (C=O) groups is 2. The zero-order chi connectivity index (χ0) is 17.8. The summed E-state index contributed by atoms with van der Waals surface area (Å²) in [6, 6.07) is 11.0. The summed E-state index contributed by atoms with van der Waals surface area (Å²) in [7, 11) is 0. The van der Waals surface area contributed by atoms with Gasteiger partial charge in [-0.25, -0.2) is 4.39 Å². The number of nitrogens with zero attached hydrogens (tertiary/aromatic N) is 1. The molecule has 0 saturated carbocycles. The van der Waals surface area contributed by atoms with Crippen molar-refractivity contribution in [3.63, 3.8) is 0 Å². The first-order valence-corrected chi connectivity index (χ1v) is 7.36. The predicted molar refractivity (Wildman–Crippen MR) is 89.0 cm³/mol. The van der Waals surface area contributed by atoms with Gasteiger partial charge in [0.15, 0.2) is 12.2 Å². The lowest BCUT2D eigenvalue weighted by molar-refractivity contribution is -0.144. The van der Waals surface area contributed by atoms with Gasteiger partial charge in [-0.1, -0.05) is 12.1 Å². The SMILES string of the molecule is CC(=O)OCC(=O)Nc1ccccc1Nc1nc2cc(F)ccc2o1. The first kappa shape index (κ1) is 16.4. The number of fused-ring (bicyclic) bond motifs is 1. The van der Waals surface area contributed by atoms with Crippen LogP contribution >= 0.6 is 0 Å². The highest BCUT2D eigenvalue weighted by atomic mass is 19.1. The molecule has 0 fully saturated rings. The first-order valence-electron chi connectivity index (χ1n) is 7.36. The molecule has 2 N–H and O–H groups in total. The maximum Gasteiger partial charge on any atom is 0.303 e. The Kier molecular flexibility index (Phi) is 4.60. The van der Waals surface area contributed by atoms with E-state index in [0.29, 0.717) is 22.5 Å². The quantitative estimate of drug-likeness (QED) is 0.691. The number of aromatic nitrogens is 1. The minimum Gasteiger partial charge on any atom is -0.456 e. The molecule has 0 saturated heterocycles. The van der Waals surface area contributed by atoms with E-state index >= 15 is 0 Å². The fraction of sp³-hybridized carbons (Fsp3) is 0.118. The van der Waals surface area contributed by atoms with Crippen molar-refractivity contribution in [2.75, 3.05) is 17.2 Å². The molecule has 25 heavy (non-hydrogen) atoms. The van der Waals surface area contributed by atoms with Gasteiger partial charge in [0.05, 0.1) is 11.4 Å². The smallest absolute Gasteiger partial charge is 0.303 e. The van der Waals surface area contributed by atoms with Crippen molar-refractivity contribution in [1.82, 2.24) is 4.98 Å². The minimum atomic E-state index is -0.541. The van der Waals surface area contributed by atoms with Crippen LogP contribution in [0.3, 0.4) is 0 Å². The number of benzene rings is 2. The Labute approximate surface area is 141 Å². The highest BCUT2D eigenvalue weighted by Gasteiger charge is 2.11. The van der Waals surface area contributed by atoms with E-state index in [4.69, 9.17) is 4.42 Å². The summed E-state index contributed by atoms with van der Waals surface area (Å²) in [6.07, 6.45) is 0. The Morgan fingerprint density at radius 3 is 2.72 bits per heavy atom. The Morgan fingerprint density at radius 2 is 1.96 bits per heavy atom. The first-order chi connectivity index (χ1) is 12.0. The van der Waals surface area contributed by atoms with Crippen molar-refractivity contribution in [2.45, 2.75) is 6.92 Å². The van der Waals surface area contributed by atoms with Crippen LogP contribution in [0.4, 0.5) is 21.8 Å². The van der Waals surface area contributed by atoms with Crippen LogP contribution in [0.15, 0.2) is 46.9 Å². The second-order valence-corrected chi connectivity index (χ2v) is 5.13. The lowest BCUT2D eigenvalue weighted by Gasteiger charge is -2.10. The average molecular weight is 343 g/mol. The Balaban J connectivity index is 1.77. The Bertz CT molecular complexity index is 939. The summed E-state index contributed by atoms with van der Waals surface area (Å²) >= 11 is 0. The number of oxazole rings is 1. The average Bonchev–Trinajstić information content (AvgIpc) is 2.96. The van der Waals surface area contributed by atoms with Gasteiger partial charge in [0, 0.05) is 13.0 Å². The van der Waals surface area contributed by atoms with Crippen molar-refractivity contribution in [3.8, 4) is 0 Å². The molecule has 7 nitrogen and oxygen atoms in total. The molecule has 1 amide bonds. The highest BCUT2D eigenvalue weighted by Crippen LogP contribution is 2.27. The van der Waals surface area contributed by atoms with Crippen molar-refractivity contribution in [2.24, 2.45) is 0 Å². The lowest BCUT2D eigenvalue weighted by Crippen LogP contribution is -2.20. The van der Waals surface area contributed by atoms with E-state index in [1.165, 1.54) is 25.1 Å². The molecule has 3 rings (SSSR count). The monoisotopic (exact) mass is 343 g/mol. The second-order valence-electron chi connectivity index (χ2n) is 5.13. The standard InChI is InChI=1S/C17H14FN3O4/c1-10(22)24-9-16(23)19-12-4-2-3-5-13(12)20-17-21-14-8-11(18)6-7-15(14)25-17/h2-8H,9H2,1H3,(H,19,23)(H,20,21). The van der Waals surface area contributed by atoms with Gasteiger partial charge in [-0.05, 0) is 24.3 Å². The van der Waals surface area contributed by atoms with Crippen LogP contribution in [0.1, 0.15) is 6.92 Å². The van der Waals surface area contributed by atoms with E-state index in [1.54, 1.807) is 24.3 Å². The van der Waals surface area contributed by atoms with Gasteiger partial charge in [-0.2, -0.15) is 4.98 Å². The Morgan fingerprint density at radius 1 is 1.20 bits per heavy atom. The Hall–Kier alpha value is -3.42. The third-order valence-electron chi connectivity index (χ3n) is 3.20. The number of carbonyl (C=O) groups excluding carboxylic acids is 2. The van der Waals surface area contributed by atoms with Gasteiger partial charge in [-0.15, -0.1) is 0 Å². The molecular weight excluding hydrogens is 329 g/mol. The number of amides is 1. The van der Waals surface area contributed by atoms with E-state index < -0.39 is 17.7 Å². The van der Waals surface area contributed by atoms with Crippen molar-refractivity contribution in [3.05, 3.63) is 48.3 Å². The molecule has 0 aliphatic carbocycles. The van der Waals surface area contributed by atoms with Gasteiger partial charge >= 0.3 is 5.97 Å². The molecular formula is C17H14FN3O4. The second kappa shape index (κ2) is 7.00. The van der Waals surface area contributed by atoms with Gasteiger partial charge in [-0.3, -0.25) is 9.59 Å². The van der Waals surface area contributed by atoms with Crippen LogP contribution in [0.2, 0.25) is 0 Å². The number of anilines is 3. The van der Waals surface area contributed by atoms with Gasteiger partial charge < -0.3 is 19.8 Å². The van der Waals surface area contributed by atoms with Crippen LogP contribution in [-0.4, -0.2) is 23.5 Å². The topological polar surface area (TPSA) is 93.5 Å². The largest absolute Gasteiger partial charge is 0.456 e. The van der Waals surface area contributed by atoms with Crippen LogP contribution in [0, 0.1) is 5.82 Å². The predicted octanol–water partition coefficient (Wildman–Crippen LogP) is 3.21. The summed E-state index contributed by atoms with van der Waals surface area (Å²) in [5.74, 6) is -1.44. The van der Waals surface area contributed by atoms with E-state index in [2.05, 4.69) is 20.4 Å². The summed E-state index contributed by atoms with van der Waals surface area (Å²) < 4.78 is 23.4. The van der Waals surface area contributed by atoms with Crippen molar-refractivity contribution >= 4 is 40.4 Å². The number of hydrogen-bond acceptors (Lipinski definition) is 6. The fourth-order valence-corrected chi connectivity index (χ4v) is 2.12. The number of para-hydroxylation sites is 2. The van der Waals surface area contributed by atoms with Crippen LogP contribution in [-0.2, 0) is 14.3 Å². The number of ether oxygens (including phenoxy) is 1. The van der Waals surface area contributed by atoms with E-state index in [-0.39, 0.29) is 12.6 Å². The molecule has 0 atom stereocenters. The molecule has 0 spiro atoms. The van der Waals surface area contributed by atoms with Crippen molar-refractivity contribution < 1.29 is 23.1 Å². The molecule has 0 bridgehead atoms. The number of rotatable bonds is 5. The van der Waals surface area contributed by atoms with Crippen LogP contribution in [0.25, 0.3) is 11.1 Å². The van der Waals surface area contributed by atoms with E-state index in [9.17, 15) is 14.0 Å². The van der Waals surface area contributed by atoms with Crippen molar-refractivity contribution in [1.29, 1.82) is 0 Å². The van der Waals surface area contributed by atoms with E-state index in [0.717, 1.165) is 0 Å². The third kappa shape index (κ3) is 4.11. The molecule has 0 aliphatic heterocycles. The number of esters is 1. The van der Waals surface area contributed by atoms with Crippen LogP contribution < -0.4 is 10.6 Å². The number of halogens is 1. The molecule has 0 unspecified atom stereocenters. The number of hydrogen-bond donors (Lipinski definition) is 2.